The van der Waals surface area contributed by atoms with Crippen molar-refractivity contribution in [1.82, 2.24) is 4.90 Å². The van der Waals surface area contributed by atoms with Gasteiger partial charge in [-0.25, -0.2) is 0 Å². The van der Waals surface area contributed by atoms with Gasteiger partial charge in [-0.1, -0.05) is 6.07 Å². The van der Waals surface area contributed by atoms with Crippen LogP contribution in [-0.4, -0.2) is 37.2 Å². The predicted molar refractivity (Wildman–Crippen MR) is 94.9 cm³/mol. The van der Waals surface area contributed by atoms with Crippen LogP contribution in [0.2, 0.25) is 0 Å². The van der Waals surface area contributed by atoms with Gasteiger partial charge in [0, 0.05) is 29.9 Å². The van der Waals surface area contributed by atoms with Crippen LogP contribution in [0.15, 0.2) is 17.5 Å². The SMILES string of the molecule is CC(N1CCOCC1)C12CC3CC(CC(C3)C1c1cccs1)C2. The fraction of sp³-hybridized carbons (Fsp3) is 0.800. The minimum Gasteiger partial charge on any atom is -0.379 e. The lowest BCUT2D eigenvalue weighted by Crippen LogP contribution is -2.61. The van der Waals surface area contributed by atoms with Crippen molar-refractivity contribution in [3.63, 3.8) is 0 Å². The molecule has 1 aromatic heterocycles. The fourth-order valence-electron chi connectivity index (χ4n) is 7.02. The zero-order valence-corrected chi connectivity index (χ0v) is 15.1. The minimum absolute atomic E-state index is 0.539. The smallest absolute Gasteiger partial charge is 0.0594 e. The molecule has 1 aromatic rings. The van der Waals surface area contributed by atoms with E-state index in [1.54, 1.807) is 4.88 Å². The molecule has 0 spiro atoms. The molecule has 4 bridgehead atoms. The van der Waals surface area contributed by atoms with Crippen molar-refractivity contribution >= 4 is 11.3 Å². The highest BCUT2D eigenvalue weighted by atomic mass is 32.1. The van der Waals surface area contributed by atoms with Crippen molar-refractivity contribution in [2.24, 2.45) is 23.2 Å². The average molecular weight is 332 g/mol. The van der Waals surface area contributed by atoms with Gasteiger partial charge in [-0.2, -0.15) is 0 Å². The van der Waals surface area contributed by atoms with Gasteiger partial charge >= 0.3 is 0 Å². The maximum Gasteiger partial charge on any atom is 0.0594 e. The van der Waals surface area contributed by atoms with E-state index < -0.39 is 0 Å². The summed E-state index contributed by atoms with van der Waals surface area (Å²) in [6.45, 7) is 6.69. The van der Waals surface area contributed by atoms with Crippen molar-refractivity contribution in [3.05, 3.63) is 22.4 Å². The highest BCUT2D eigenvalue weighted by Gasteiger charge is 2.60. The predicted octanol–water partition coefficient (Wildman–Crippen LogP) is 4.38. The Balaban J connectivity index is 1.53. The number of hydrogen-bond acceptors (Lipinski definition) is 3. The first-order valence-electron chi connectivity index (χ1n) is 9.61. The highest BCUT2D eigenvalue weighted by molar-refractivity contribution is 7.10. The fourth-order valence-corrected chi connectivity index (χ4v) is 8.06. The summed E-state index contributed by atoms with van der Waals surface area (Å²) in [5.41, 5.74) is 0.539. The zero-order chi connectivity index (χ0) is 15.4. The highest BCUT2D eigenvalue weighted by Crippen LogP contribution is 2.68. The normalized spacial score (nSPS) is 44.6. The van der Waals surface area contributed by atoms with Crippen LogP contribution < -0.4 is 0 Å². The van der Waals surface area contributed by atoms with E-state index in [0.29, 0.717) is 11.5 Å². The van der Waals surface area contributed by atoms with Gasteiger partial charge < -0.3 is 4.74 Å². The van der Waals surface area contributed by atoms with Gasteiger partial charge in [0.2, 0.25) is 0 Å². The minimum atomic E-state index is 0.539. The van der Waals surface area contributed by atoms with E-state index >= 15 is 0 Å². The molecule has 4 unspecified atom stereocenters. The first kappa shape index (κ1) is 14.9. The Morgan fingerprint density at radius 2 is 1.91 bits per heavy atom. The molecule has 4 aliphatic carbocycles. The van der Waals surface area contributed by atoms with Crippen LogP contribution in [0.3, 0.4) is 0 Å². The number of morpholine rings is 1. The molecule has 23 heavy (non-hydrogen) atoms. The molecule has 1 aliphatic heterocycles. The Kier molecular flexibility index (Phi) is 3.61. The largest absolute Gasteiger partial charge is 0.379 e. The van der Waals surface area contributed by atoms with Gasteiger partial charge in [-0.3, -0.25) is 4.90 Å². The van der Waals surface area contributed by atoms with E-state index in [1.807, 2.05) is 11.3 Å². The Labute approximate surface area is 144 Å². The topological polar surface area (TPSA) is 12.5 Å². The summed E-state index contributed by atoms with van der Waals surface area (Å²) in [6.07, 6.45) is 7.53. The molecular formula is C20H29NOS. The third kappa shape index (κ3) is 2.26. The second-order valence-corrected chi connectivity index (χ2v) is 9.64. The van der Waals surface area contributed by atoms with Crippen LogP contribution in [0.25, 0.3) is 0 Å². The second-order valence-electron chi connectivity index (χ2n) is 8.66. The van der Waals surface area contributed by atoms with Crippen LogP contribution in [-0.2, 0) is 4.74 Å². The summed E-state index contributed by atoms with van der Waals surface area (Å²) in [4.78, 5) is 4.45. The lowest BCUT2D eigenvalue weighted by molar-refractivity contribution is -0.126. The lowest BCUT2D eigenvalue weighted by Gasteiger charge is -2.64. The Morgan fingerprint density at radius 3 is 2.57 bits per heavy atom. The molecule has 4 saturated carbocycles. The van der Waals surface area contributed by atoms with Gasteiger partial charge in [-0.05, 0) is 73.6 Å². The van der Waals surface area contributed by atoms with Crippen LogP contribution in [0, 0.1) is 23.2 Å². The van der Waals surface area contributed by atoms with Gasteiger partial charge in [0.05, 0.1) is 13.2 Å². The van der Waals surface area contributed by atoms with Crippen LogP contribution in [0.5, 0.6) is 0 Å². The van der Waals surface area contributed by atoms with Gasteiger partial charge in [0.1, 0.15) is 0 Å². The molecule has 6 rings (SSSR count). The van der Waals surface area contributed by atoms with E-state index in [4.69, 9.17) is 4.74 Å². The summed E-state index contributed by atoms with van der Waals surface area (Å²) in [6, 6.07) is 5.43. The summed E-state index contributed by atoms with van der Waals surface area (Å²) in [5, 5.41) is 2.30. The molecule has 5 aliphatic rings. The van der Waals surface area contributed by atoms with E-state index in [-0.39, 0.29) is 0 Å². The Bertz CT molecular complexity index is 536. The maximum absolute atomic E-state index is 5.63. The van der Waals surface area contributed by atoms with Crippen LogP contribution in [0.1, 0.15) is 49.8 Å². The summed E-state index contributed by atoms with van der Waals surface area (Å²) in [5.74, 6) is 3.83. The van der Waals surface area contributed by atoms with Crippen molar-refractivity contribution in [3.8, 4) is 0 Å². The molecule has 0 amide bonds. The number of hydrogen-bond donors (Lipinski definition) is 0. The number of thiophene rings is 1. The van der Waals surface area contributed by atoms with Gasteiger partial charge in [-0.15, -0.1) is 11.3 Å². The lowest BCUT2D eigenvalue weighted by atomic mass is 9.43. The second kappa shape index (κ2) is 5.57. The molecule has 0 radical (unpaired) electrons. The van der Waals surface area contributed by atoms with Crippen molar-refractivity contribution in [1.29, 1.82) is 0 Å². The third-order valence-corrected chi connectivity index (χ3v) is 8.60. The van der Waals surface area contributed by atoms with Gasteiger partial charge in [0.25, 0.3) is 0 Å². The quantitative estimate of drug-likeness (QED) is 0.815. The molecular weight excluding hydrogens is 302 g/mol. The van der Waals surface area contributed by atoms with Crippen molar-refractivity contribution in [2.45, 2.75) is 51.0 Å². The summed E-state index contributed by atoms with van der Waals surface area (Å²) >= 11 is 2.02. The van der Waals surface area contributed by atoms with E-state index in [2.05, 4.69) is 29.3 Å². The third-order valence-electron chi connectivity index (χ3n) is 7.64. The zero-order valence-electron chi connectivity index (χ0n) is 14.2. The Morgan fingerprint density at radius 1 is 1.17 bits per heavy atom. The van der Waals surface area contributed by atoms with E-state index in [9.17, 15) is 0 Å². The van der Waals surface area contributed by atoms with Crippen molar-refractivity contribution < 1.29 is 4.74 Å². The number of rotatable bonds is 3. The average Bonchev–Trinajstić information content (AvgIpc) is 3.08. The molecule has 126 valence electrons. The molecule has 2 nitrogen and oxygen atoms in total. The monoisotopic (exact) mass is 331 g/mol. The standard InChI is InChI=1S/C20H29NOS/c1-14(21-4-6-22-7-5-21)20-12-15-9-16(13-20)11-17(10-15)19(20)18-3-2-8-23-18/h2-3,8,14-17,19H,4-7,9-13H2,1H3. The summed E-state index contributed by atoms with van der Waals surface area (Å²) in [7, 11) is 0. The molecule has 0 N–H and O–H groups in total. The first-order chi connectivity index (χ1) is 11.3. The van der Waals surface area contributed by atoms with E-state index in [1.165, 1.54) is 32.1 Å². The molecule has 4 atom stereocenters. The first-order valence-corrected chi connectivity index (χ1v) is 10.5. The molecule has 3 heteroatoms. The molecule has 5 fully saturated rings. The van der Waals surface area contributed by atoms with Crippen LogP contribution in [0.4, 0.5) is 0 Å². The molecule has 2 heterocycles. The van der Waals surface area contributed by atoms with E-state index in [0.717, 1.165) is 50.0 Å². The molecule has 1 saturated heterocycles. The van der Waals surface area contributed by atoms with Crippen molar-refractivity contribution in [2.75, 3.05) is 26.3 Å². The molecule has 0 aromatic carbocycles. The maximum atomic E-state index is 5.63. The van der Waals surface area contributed by atoms with Gasteiger partial charge in [0.15, 0.2) is 0 Å². The number of nitrogens with zero attached hydrogens (tertiary/aromatic N) is 1. The van der Waals surface area contributed by atoms with Crippen LogP contribution >= 0.6 is 11.3 Å². The summed E-state index contributed by atoms with van der Waals surface area (Å²) < 4.78 is 5.63. The Hall–Kier alpha value is -0.380. The number of ether oxygens (including phenoxy) is 1.